The van der Waals surface area contributed by atoms with Crippen LogP contribution in [0.5, 0.6) is 0 Å². The van der Waals surface area contributed by atoms with Gasteiger partial charge in [0.05, 0.1) is 0 Å². The standard InChI is InChI=1S/C13H20N2OS/c1-4-17-12-7-5-11(6-8-12)15(3)13(16)9-10-14-2/h5-8,14H,4,9-10H2,1-3H3. The van der Waals surface area contributed by atoms with Crippen LogP contribution in [0.25, 0.3) is 0 Å². The minimum Gasteiger partial charge on any atom is -0.319 e. The third kappa shape index (κ3) is 4.40. The number of nitrogens with one attached hydrogen (secondary N) is 1. The van der Waals surface area contributed by atoms with E-state index >= 15 is 0 Å². The van der Waals surface area contributed by atoms with Crippen LogP contribution in [0.3, 0.4) is 0 Å². The van der Waals surface area contributed by atoms with Crippen LogP contribution >= 0.6 is 11.8 Å². The van der Waals surface area contributed by atoms with Gasteiger partial charge >= 0.3 is 0 Å². The summed E-state index contributed by atoms with van der Waals surface area (Å²) in [7, 11) is 3.67. The van der Waals surface area contributed by atoms with Gasteiger partial charge in [-0.2, -0.15) is 0 Å². The van der Waals surface area contributed by atoms with E-state index in [1.807, 2.05) is 26.2 Å². The number of rotatable bonds is 6. The van der Waals surface area contributed by atoms with E-state index in [-0.39, 0.29) is 5.91 Å². The number of carbonyl (C=O) groups is 1. The van der Waals surface area contributed by atoms with Crippen molar-refractivity contribution in [3.05, 3.63) is 24.3 Å². The van der Waals surface area contributed by atoms with Gasteiger partial charge in [0.25, 0.3) is 0 Å². The predicted molar refractivity (Wildman–Crippen MR) is 74.8 cm³/mol. The quantitative estimate of drug-likeness (QED) is 0.789. The first kappa shape index (κ1) is 14.1. The zero-order chi connectivity index (χ0) is 12.7. The number of hydrogen-bond donors (Lipinski definition) is 1. The number of carbonyl (C=O) groups excluding carboxylic acids is 1. The van der Waals surface area contributed by atoms with Gasteiger partial charge in [-0.3, -0.25) is 4.79 Å². The highest BCUT2D eigenvalue weighted by Gasteiger charge is 2.09. The fourth-order valence-corrected chi connectivity index (χ4v) is 2.14. The number of amides is 1. The molecule has 0 aliphatic heterocycles. The van der Waals surface area contributed by atoms with Crippen molar-refractivity contribution in [2.45, 2.75) is 18.2 Å². The van der Waals surface area contributed by atoms with Crippen molar-refractivity contribution in [1.29, 1.82) is 0 Å². The summed E-state index contributed by atoms with van der Waals surface area (Å²) >= 11 is 1.80. The molecule has 0 aliphatic rings. The Morgan fingerprint density at radius 3 is 2.53 bits per heavy atom. The summed E-state index contributed by atoms with van der Waals surface area (Å²) in [5, 5.41) is 2.98. The molecule has 0 heterocycles. The second-order valence-corrected chi connectivity index (χ2v) is 5.07. The number of hydrogen-bond acceptors (Lipinski definition) is 3. The van der Waals surface area contributed by atoms with Gasteiger partial charge in [0.15, 0.2) is 0 Å². The third-order valence-corrected chi connectivity index (χ3v) is 3.39. The van der Waals surface area contributed by atoms with Crippen molar-refractivity contribution in [2.75, 3.05) is 31.3 Å². The second kappa shape index (κ2) is 7.35. The van der Waals surface area contributed by atoms with E-state index in [0.29, 0.717) is 13.0 Å². The van der Waals surface area contributed by atoms with E-state index in [4.69, 9.17) is 0 Å². The van der Waals surface area contributed by atoms with Crippen LogP contribution < -0.4 is 10.2 Å². The molecule has 0 bridgehead atoms. The minimum atomic E-state index is 0.134. The molecule has 1 aromatic carbocycles. The maximum absolute atomic E-state index is 11.8. The molecule has 1 N–H and O–H groups in total. The first-order valence-electron chi connectivity index (χ1n) is 5.83. The maximum atomic E-state index is 11.8. The van der Waals surface area contributed by atoms with Gasteiger partial charge in [-0.25, -0.2) is 0 Å². The van der Waals surface area contributed by atoms with Crippen LogP contribution in [-0.2, 0) is 4.79 Å². The fraction of sp³-hybridized carbons (Fsp3) is 0.462. The van der Waals surface area contributed by atoms with Gasteiger partial charge in [-0.05, 0) is 37.1 Å². The first-order chi connectivity index (χ1) is 8.19. The van der Waals surface area contributed by atoms with Crippen LogP contribution in [0.2, 0.25) is 0 Å². The highest BCUT2D eigenvalue weighted by molar-refractivity contribution is 7.99. The molecule has 0 spiro atoms. The van der Waals surface area contributed by atoms with Crippen molar-refractivity contribution >= 4 is 23.4 Å². The highest BCUT2D eigenvalue weighted by Crippen LogP contribution is 2.21. The molecule has 17 heavy (non-hydrogen) atoms. The van der Waals surface area contributed by atoms with E-state index in [2.05, 4.69) is 24.4 Å². The Labute approximate surface area is 108 Å². The lowest BCUT2D eigenvalue weighted by atomic mass is 10.2. The summed E-state index contributed by atoms with van der Waals surface area (Å²) in [5.74, 6) is 1.20. The second-order valence-electron chi connectivity index (χ2n) is 3.73. The normalized spacial score (nSPS) is 10.3. The molecule has 1 aromatic rings. The SMILES string of the molecule is CCSc1ccc(N(C)C(=O)CCNC)cc1. The van der Waals surface area contributed by atoms with Crippen molar-refractivity contribution in [1.82, 2.24) is 5.32 Å². The summed E-state index contributed by atoms with van der Waals surface area (Å²) in [5.41, 5.74) is 0.951. The van der Waals surface area contributed by atoms with Crippen LogP contribution in [0, 0.1) is 0 Å². The first-order valence-corrected chi connectivity index (χ1v) is 6.81. The van der Waals surface area contributed by atoms with Crippen molar-refractivity contribution in [2.24, 2.45) is 0 Å². The molecule has 0 atom stereocenters. The Balaban J connectivity index is 2.62. The fourth-order valence-electron chi connectivity index (χ4n) is 1.48. The lowest BCUT2D eigenvalue weighted by Gasteiger charge is -2.17. The molecule has 1 rings (SSSR count). The summed E-state index contributed by atoms with van der Waals surface area (Å²) in [6.45, 7) is 2.85. The van der Waals surface area contributed by atoms with Gasteiger partial charge in [0.1, 0.15) is 0 Å². The van der Waals surface area contributed by atoms with Crippen LogP contribution in [0.15, 0.2) is 29.2 Å². The third-order valence-electron chi connectivity index (χ3n) is 2.50. The number of anilines is 1. The van der Waals surface area contributed by atoms with Crippen molar-refractivity contribution in [3.8, 4) is 0 Å². The summed E-state index contributed by atoms with van der Waals surface area (Å²) < 4.78 is 0. The van der Waals surface area contributed by atoms with Crippen LogP contribution in [-0.4, -0.2) is 32.3 Å². The molecular weight excluding hydrogens is 232 g/mol. The Hall–Kier alpha value is -1.00. The van der Waals surface area contributed by atoms with E-state index < -0.39 is 0 Å². The summed E-state index contributed by atoms with van der Waals surface area (Å²) in [4.78, 5) is 14.7. The summed E-state index contributed by atoms with van der Waals surface area (Å²) in [6, 6.07) is 8.11. The van der Waals surface area contributed by atoms with Crippen molar-refractivity contribution < 1.29 is 4.79 Å². The topological polar surface area (TPSA) is 32.3 Å². The van der Waals surface area contributed by atoms with Crippen LogP contribution in [0.1, 0.15) is 13.3 Å². The molecule has 0 aromatic heterocycles. The minimum absolute atomic E-state index is 0.134. The molecule has 0 unspecified atom stereocenters. The zero-order valence-electron chi connectivity index (χ0n) is 10.7. The summed E-state index contributed by atoms with van der Waals surface area (Å²) in [6.07, 6.45) is 0.526. The molecule has 0 fully saturated rings. The number of nitrogens with zero attached hydrogens (tertiary/aromatic N) is 1. The average Bonchev–Trinajstić information content (AvgIpc) is 2.36. The molecule has 0 aliphatic carbocycles. The van der Waals surface area contributed by atoms with E-state index in [9.17, 15) is 4.79 Å². The smallest absolute Gasteiger partial charge is 0.227 e. The Morgan fingerprint density at radius 1 is 1.35 bits per heavy atom. The zero-order valence-corrected chi connectivity index (χ0v) is 11.5. The van der Waals surface area contributed by atoms with E-state index in [1.54, 1.807) is 16.7 Å². The van der Waals surface area contributed by atoms with Crippen LogP contribution in [0.4, 0.5) is 5.69 Å². The number of thioether (sulfide) groups is 1. The van der Waals surface area contributed by atoms with Gasteiger partial charge in [0.2, 0.25) is 5.91 Å². The Kier molecular flexibility index (Phi) is 6.08. The monoisotopic (exact) mass is 252 g/mol. The molecule has 0 radical (unpaired) electrons. The molecule has 1 amide bonds. The molecular formula is C13H20N2OS. The molecule has 0 saturated carbocycles. The Morgan fingerprint density at radius 2 is 2.00 bits per heavy atom. The molecule has 4 heteroatoms. The van der Waals surface area contributed by atoms with Gasteiger partial charge in [-0.15, -0.1) is 11.8 Å². The van der Waals surface area contributed by atoms with Crippen molar-refractivity contribution in [3.63, 3.8) is 0 Å². The highest BCUT2D eigenvalue weighted by atomic mass is 32.2. The lowest BCUT2D eigenvalue weighted by molar-refractivity contribution is -0.118. The predicted octanol–water partition coefficient (Wildman–Crippen LogP) is 2.37. The van der Waals surface area contributed by atoms with E-state index in [0.717, 1.165) is 11.4 Å². The lowest BCUT2D eigenvalue weighted by Crippen LogP contribution is -2.28. The largest absolute Gasteiger partial charge is 0.319 e. The molecule has 94 valence electrons. The van der Waals surface area contributed by atoms with E-state index in [1.165, 1.54) is 4.90 Å². The average molecular weight is 252 g/mol. The molecule has 3 nitrogen and oxygen atoms in total. The Bertz CT molecular complexity index is 351. The van der Waals surface area contributed by atoms with Gasteiger partial charge in [0, 0.05) is 30.6 Å². The maximum Gasteiger partial charge on any atom is 0.227 e. The van der Waals surface area contributed by atoms with Gasteiger partial charge < -0.3 is 10.2 Å². The molecule has 0 saturated heterocycles. The number of benzene rings is 1. The van der Waals surface area contributed by atoms with Gasteiger partial charge in [-0.1, -0.05) is 6.92 Å².